The highest BCUT2D eigenvalue weighted by Gasteiger charge is 2.09. The quantitative estimate of drug-likeness (QED) is 0.423. The molecule has 0 aliphatic carbocycles. The third kappa shape index (κ3) is 4.79. The van der Waals surface area contributed by atoms with Crippen LogP contribution in [-0.4, -0.2) is 21.9 Å². The van der Waals surface area contributed by atoms with Gasteiger partial charge in [-0.2, -0.15) is 5.10 Å². The number of aryl methyl sites for hydroxylation is 2. The van der Waals surface area contributed by atoms with Crippen LogP contribution in [0.5, 0.6) is 0 Å². The minimum Gasteiger partial charge on any atom is -0.368 e. The standard InChI is InChI=1S/C22H24N6/c1-15-7-6-10-20(16(15)2)21-13-18(25-22(24)26-21)11-12-19(14-23)28-27-17-8-4-3-5-9-17/h3-10,13-14,23,27H,11-12H2,1-2H3,(H2,24,25,26)/b23-14?,28-19-. The van der Waals surface area contributed by atoms with Gasteiger partial charge in [-0.3, -0.25) is 5.43 Å². The van der Waals surface area contributed by atoms with E-state index in [1.807, 2.05) is 48.5 Å². The van der Waals surface area contributed by atoms with E-state index in [9.17, 15) is 0 Å². The molecule has 0 saturated carbocycles. The van der Waals surface area contributed by atoms with Crippen molar-refractivity contribution in [2.45, 2.75) is 26.7 Å². The van der Waals surface area contributed by atoms with Gasteiger partial charge in [0.1, 0.15) is 0 Å². The maximum absolute atomic E-state index is 7.61. The molecule has 0 atom stereocenters. The van der Waals surface area contributed by atoms with Gasteiger partial charge in [0.05, 0.1) is 17.1 Å². The van der Waals surface area contributed by atoms with E-state index in [2.05, 4.69) is 40.4 Å². The molecule has 0 spiro atoms. The van der Waals surface area contributed by atoms with Gasteiger partial charge in [0.25, 0.3) is 0 Å². The number of hydrazone groups is 1. The molecule has 2 aromatic carbocycles. The molecule has 1 heterocycles. The highest BCUT2D eigenvalue weighted by Crippen LogP contribution is 2.25. The molecule has 0 radical (unpaired) electrons. The molecule has 3 aromatic rings. The molecule has 0 amide bonds. The van der Waals surface area contributed by atoms with Crippen molar-refractivity contribution in [1.29, 1.82) is 5.41 Å². The number of hydrogen-bond acceptors (Lipinski definition) is 6. The largest absolute Gasteiger partial charge is 0.368 e. The SMILES string of the molecule is Cc1cccc(-c2cc(CC/C(C=N)=N/Nc3ccccc3)nc(N)n2)c1C. The molecule has 1 aromatic heterocycles. The van der Waals surface area contributed by atoms with E-state index in [1.165, 1.54) is 17.3 Å². The van der Waals surface area contributed by atoms with Crippen LogP contribution in [0.2, 0.25) is 0 Å². The van der Waals surface area contributed by atoms with Gasteiger partial charge in [-0.1, -0.05) is 36.4 Å². The Hall–Kier alpha value is -3.54. The van der Waals surface area contributed by atoms with Crippen LogP contribution in [0.3, 0.4) is 0 Å². The summed E-state index contributed by atoms with van der Waals surface area (Å²) in [5.74, 6) is 0.254. The average molecular weight is 372 g/mol. The van der Waals surface area contributed by atoms with E-state index in [4.69, 9.17) is 11.1 Å². The van der Waals surface area contributed by atoms with Crippen molar-refractivity contribution < 1.29 is 0 Å². The Bertz CT molecular complexity index is 995. The summed E-state index contributed by atoms with van der Waals surface area (Å²) in [6.45, 7) is 4.16. The first kappa shape index (κ1) is 19.2. The number of nitrogens with two attached hydrogens (primary N) is 1. The summed E-state index contributed by atoms with van der Waals surface area (Å²) >= 11 is 0. The summed E-state index contributed by atoms with van der Waals surface area (Å²) in [6, 6.07) is 17.8. The number of nitrogen functional groups attached to an aromatic ring is 1. The van der Waals surface area contributed by atoms with Gasteiger partial charge in [0, 0.05) is 17.5 Å². The highest BCUT2D eigenvalue weighted by molar-refractivity contribution is 6.29. The Balaban J connectivity index is 1.76. The predicted molar refractivity (Wildman–Crippen MR) is 116 cm³/mol. The summed E-state index contributed by atoms with van der Waals surface area (Å²) in [7, 11) is 0. The molecule has 142 valence electrons. The average Bonchev–Trinajstić information content (AvgIpc) is 2.70. The fraction of sp³-hybridized carbons (Fsp3) is 0.182. The van der Waals surface area contributed by atoms with Crippen LogP contribution in [0, 0.1) is 19.3 Å². The van der Waals surface area contributed by atoms with Gasteiger partial charge in [-0.15, -0.1) is 0 Å². The van der Waals surface area contributed by atoms with Gasteiger partial charge >= 0.3 is 0 Å². The molecule has 6 heteroatoms. The highest BCUT2D eigenvalue weighted by atomic mass is 15.3. The van der Waals surface area contributed by atoms with Crippen molar-refractivity contribution in [3.8, 4) is 11.3 Å². The van der Waals surface area contributed by atoms with E-state index < -0.39 is 0 Å². The third-order valence-corrected chi connectivity index (χ3v) is 4.58. The number of benzene rings is 2. The lowest BCUT2D eigenvalue weighted by molar-refractivity contribution is 0.959. The first-order valence-corrected chi connectivity index (χ1v) is 9.15. The Morgan fingerprint density at radius 2 is 1.89 bits per heavy atom. The van der Waals surface area contributed by atoms with Gasteiger partial charge in [-0.25, -0.2) is 9.97 Å². The lowest BCUT2D eigenvalue weighted by atomic mass is 10.00. The van der Waals surface area contributed by atoms with Crippen LogP contribution < -0.4 is 11.2 Å². The molecule has 0 aliphatic rings. The normalized spacial score (nSPS) is 11.3. The first-order valence-electron chi connectivity index (χ1n) is 9.15. The first-order chi connectivity index (χ1) is 13.6. The maximum atomic E-state index is 7.61. The van der Waals surface area contributed by atoms with Crippen molar-refractivity contribution in [3.63, 3.8) is 0 Å². The summed E-state index contributed by atoms with van der Waals surface area (Å²) in [4.78, 5) is 8.76. The van der Waals surface area contributed by atoms with E-state index in [-0.39, 0.29) is 5.95 Å². The molecule has 0 fully saturated rings. The summed E-state index contributed by atoms with van der Waals surface area (Å²) in [6.07, 6.45) is 2.45. The monoisotopic (exact) mass is 372 g/mol. The Morgan fingerprint density at radius 3 is 2.64 bits per heavy atom. The van der Waals surface area contributed by atoms with Gasteiger partial charge in [0.15, 0.2) is 0 Å². The number of hydrogen-bond donors (Lipinski definition) is 3. The van der Waals surface area contributed by atoms with Crippen LogP contribution in [0.15, 0.2) is 59.7 Å². The molecule has 0 unspecified atom stereocenters. The second kappa shape index (κ2) is 8.90. The van der Waals surface area contributed by atoms with Crippen LogP contribution in [0.4, 0.5) is 11.6 Å². The molecule has 0 saturated heterocycles. The zero-order valence-electron chi connectivity index (χ0n) is 16.1. The van der Waals surface area contributed by atoms with Crippen molar-refractivity contribution in [3.05, 3.63) is 71.4 Å². The van der Waals surface area contributed by atoms with Gasteiger partial charge < -0.3 is 11.1 Å². The van der Waals surface area contributed by atoms with Crippen molar-refractivity contribution in [1.82, 2.24) is 9.97 Å². The number of nitrogens with zero attached hydrogens (tertiary/aromatic N) is 3. The fourth-order valence-corrected chi connectivity index (χ4v) is 2.88. The maximum Gasteiger partial charge on any atom is 0.220 e. The van der Waals surface area contributed by atoms with Crippen LogP contribution >= 0.6 is 0 Å². The van der Waals surface area contributed by atoms with E-state index >= 15 is 0 Å². The van der Waals surface area contributed by atoms with E-state index in [0.29, 0.717) is 18.6 Å². The number of rotatable bonds is 7. The minimum atomic E-state index is 0.254. The van der Waals surface area contributed by atoms with Crippen LogP contribution in [-0.2, 0) is 6.42 Å². The topological polar surface area (TPSA) is 100 Å². The number of anilines is 2. The summed E-state index contributed by atoms with van der Waals surface area (Å²) in [5.41, 5.74) is 15.5. The van der Waals surface area contributed by atoms with E-state index in [1.54, 1.807) is 0 Å². The smallest absolute Gasteiger partial charge is 0.220 e. The summed E-state index contributed by atoms with van der Waals surface area (Å²) in [5, 5.41) is 11.9. The zero-order chi connectivity index (χ0) is 19.9. The molecule has 3 rings (SSSR count). The van der Waals surface area contributed by atoms with Gasteiger partial charge in [-0.05, 0) is 56.0 Å². The zero-order valence-corrected chi connectivity index (χ0v) is 16.1. The van der Waals surface area contributed by atoms with Gasteiger partial charge in [0.2, 0.25) is 5.95 Å². The number of nitrogens with one attached hydrogen (secondary N) is 2. The Labute approximate surface area is 165 Å². The minimum absolute atomic E-state index is 0.254. The van der Waals surface area contributed by atoms with Crippen molar-refractivity contribution >= 4 is 23.6 Å². The molecular weight excluding hydrogens is 348 g/mol. The van der Waals surface area contributed by atoms with Crippen molar-refractivity contribution in [2.75, 3.05) is 11.2 Å². The third-order valence-electron chi connectivity index (χ3n) is 4.58. The van der Waals surface area contributed by atoms with Crippen LogP contribution in [0.1, 0.15) is 23.2 Å². The molecule has 0 aliphatic heterocycles. The second-order valence-electron chi connectivity index (χ2n) is 6.58. The second-order valence-corrected chi connectivity index (χ2v) is 6.58. The Morgan fingerprint density at radius 1 is 1.11 bits per heavy atom. The molecule has 6 nitrogen and oxygen atoms in total. The molecule has 28 heavy (non-hydrogen) atoms. The Kier molecular flexibility index (Phi) is 6.11. The van der Waals surface area contributed by atoms with E-state index in [0.717, 1.165) is 22.6 Å². The predicted octanol–water partition coefficient (Wildman–Crippen LogP) is 4.39. The molecule has 4 N–H and O–H groups in total. The fourth-order valence-electron chi connectivity index (χ4n) is 2.88. The molecular formula is C22H24N6. The number of aromatic nitrogens is 2. The lowest BCUT2D eigenvalue weighted by Gasteiger charge is -2.10. The van der Waals surface area contributed by atoms with Crippen molar-refractivity contribution in [2.24, 2.45) is 5.10 Å². The number of para-hydroxylation sites is 1. The lowest BCUT2D eigenvalue weighted by Crippen LogP contribution is -2.08. The van der Waals surface area contributed by atoms with Crippen LogP contribution in [0.25, 0.3) is 11.3 Å². The molecule has 0 bridgehead atoms. The summed E-state index contributed by atoms with van der Waals surface area (Å²) < 4.78 is 0.